The van der Waals surface area contributed by atoms with Gasteiger partial charge in [-0.05, 0) is 43.9 Å². The Bertz CT molecular complexity index is 421. The third kappa shape index (κ3) is 3.53. The molecule has 0 amide bonds. The fourth-order valence-electron chi connectivity index (χ4n) is 3.02. The van der Waals surface area contributed by atoms with Crippen molar-refractivity contribution in [3.63, 3.8) is 0 Å². The zero-order valence-corrected chi connectivity index (χ0v) is 11.6. The predicted molar refractivity (Wildman–Crippen MR) is 73.6 cm³/mol. The van der Waals surface area contributed by atoms with E-state index in [-0.39, 0.29) is 12.0 Å². The van der Waals surface area contributed by atoms with E-state index >= 15 is 0 Å². The highest BCUT2D eigenvalue weighted by Gasteiger charge is 2.35. The van der Waals surface area contributed by atoms with Gasteiger partial charge in [0.25, 0.3) is 0 Å². The van der Waals surface area contributed by atoms with Gasteiger partial charge in [0.2, 0.25) is 0 Å². The Morgan fingerprint density at radius 3 is 2.95 bits per heavy atom. The van der Waals surface area contributed by atoms with Crippen LogP contribution in [-0.2, 0) is 11.3 Å². The Morgan fingerprint density at radius 2 is 2.32 bits per heavy atom. The number of hydrogen-bond acceptors (Lipinski definition) is 3. The van der Waals surface area contributed by atoms with Crippen molar-refractivity contribution in [3.05, 3.63) is 30.1 Å². The highest BCUT2D eigenvalue weighted by molar-refractivity contribution is 5.71. The van der Waals surface area contributed by atoms with E-state index in [0.717, 1.165) is 31.4 Å². The summed E-state index contributed by atoms with van der Waals surface area (Å²) in [5.74, 6) is -0.287. The highest BCUT2D eigenvalue weighted by Crippen LogP contribution is 2.32. The van der Waals surface area contributed by atoms with Crippen LogP contribution in [0.2, 0.25) is 0 Å². The van der Waals surface area contributed by atoms with Gasteiger partial charge in [0.15, 0.2) is 0 Å². The van der Waals surface area contributed by atoms with Crippen molar-refractivity contribution in [3.8, 4) is 0 Å². The summed E-state index contributed by atoms with van der Waals surface area (Å²) in [6, 6.07) is 4.08. The lowest BCUT2D eigenvalue weighted by molar-refractivity contribution is -0.146. The first-order chi connectivity index (χ1) is 9.08. The van der Waals surface area contributed by atoms with Crippen LogP contribution in [0.5, 0.6) is 0 Å². The van der Waals surface area contributed by atoms with Crippen LogP contribution < -0.4 is 0 Å². The van der Waals surface area contributed by atoms with Crippen molar-refractivity contribution in [1.82, 2.24) is 9.88 Å². The number of carbonyl (C=O) groups is 1. The topological polar surface area (TPSA) is 53.4 Å². The summed E-state index contributed by atoms with van der Waals surface area (Å²) in [6.45, 7) is 2.97. The largest absolute Gasteiger partial charge is 0.481 e. The van der Waals surface area contributed by atoms with Gasteiger partial charge < -0.3 is 5.11 Å². The van der Waals surface area contributed by atoms with Crippen LogP contribution >= 0.6 is 0 Å². The maximum absolute atomic E-state index is 11.4. The van der Waals surface area contributed by atoms with Gasteiger partial charge in [0, 0.05) is 25.0 Å². The third-order valence-corrected chi connectivity index (χ3v) is 4.12. The number of aromatic nitrogens is 1. The number of hydrogen-bond donors (Lipinski definition) is 1. The van der Waals surface area contributed by atoms with E-state index in [4.69, 9.17) is 0 Å². The molecule has 0 aromatic carbocycles. The van der Waals surface area contributed by atoms with E-state index in [2.05, 4.69) is 16.8 Å². The summed E-state index contributed by atoms with van der Waals surface area (Å²) in [7, 11) is 2.02. The molecule has 4 nitrogen and oxygen atoms in total. The number of nitrogens with zero attached hydrogens (tertiary/aromatic N) is 2. The van der Waals surface area contributed by atoms with Gasteiger partial charge in [0.05, 0.1) is 5.92 Å². The quantitative estimate of drug-likeness (QED) is 0.905. The van der Waals surface area contributed by atoms with E-state index in [1.165, 1.54) is 0 Å². The Labute approximate surface area is 114 Å². The van der Waals surface area contributed by atoms with Crippen molar-refractivity contribution in [2.24, 2.45) is 11.8 Å². The standard InChI is InChI=1S/C15H22N2O2/c1-11-5-6-13(15(18)19)14(8-11)17(2)10-12-4-3-7-16-9-12/h3-4,7,9,11,13-14H,5-6,8,10H2,1-2H3,(H,18,19). The Hall–Kier alpha value is -1.42. The number of carboxylic acids is 1. The minimum Gasteiger partial charge on any atom is -0.481 e. The van der Waals surface area contributed by atoms with Gasteiger partial charge >= 0.3 is 5.97 Å². The summed E-state index contributed by atoms with van der Waals surface area (Å²) < 4.78 is 0. The Morgan fingerprint density at radius 1 is 1.53 bits per heavy atom. The SMILES string of the molecule is CC1CCC(C(=O)O)C(N(C)Cc2cccnc2)C1. The van der Waals surface area contributed by atoms with Crippen molar-refractivity contribution in [2.75, 3.05) is 7.05 Å². The lowest BCUT2D eigenvalue weighted by Gasteiger charge is -2.38. The zero-order chi connectivity index (χ0) is 13.8. The molecule has 0 aliphatic heterocycles. The normalized spacial score (nSPS) is 27.4. The van der Waals surface area contributed by atoms with Crippen LogP contribution in [0, 0.1) is 11.8 Å². The van der Waals surface area contributed by atoms with Crippen LogP contribution in [0.25, 0.3) is 0 Å². The summed E-state index contributed by atoms with van der Waals surface area (Å²) in [4.78, 5) is 17.7. The molecule has 1 aliphatic carbocycles. The zero-order valence-electron chi connectivity index (χ0n) is 11.6. The van der Waals surface area contributed by atoms with Gasteiger partial charge in [-0.1, -0.05) is 13.0 Å². The molecular weight excluding hydrogens is 240 g/mol. The molecule has 3 atom stereocenters. The first-order valence-electron chi connectivity index (χ1n) is 6.90. The third-order valence-electron chi connectivity index (χ3n) is 4.12. The van der Waals surface area contributed by atoms with Gasteiger partial charge in [-0.15, -0.1) is 0 Å². The molecule has 1 heterocycles. The van der Waals surface area contributed by atoms with Crippen LogP contribution in [0.1, 0.15) is 31.7 Å². The fraction of sp³-hybridized carbons (Fsp3) is 0.600. The van der Waals surface area contributed by atoms with Gasteiger partial charge in [-0.25, -0.2) is 0 Å². The van der Waals surface area contributed by atoms with Crippen LogP contribution in [-0.4, -0.2) is 34.0 Å². The molecule has 1 N–H and O–H groups in total. The maximum atomic E-state index is 11.4. The first-order valence-corrected chi connectivity index (χ1v) is 6.90. The lowest BCUT2D eigenvalue weighted by atomic mass is 9.78. The molecule has 0 spiro atoms. The molecule has 19 heavy (non-hydrogen) atoms. The first kappa shape index (κ1) is 14.0. The van der Waals surface area contributed by atoms with Crippen molar-refractivity contribution < 1.29 is 9.90 Å². The van der Waals surface area contributed by atoms with Crippen molar-refractivity contribution >= 4 is 5.97 Å². The fourth-order valence-corrected chi connectivity index (χ4v) is 3.02. The van der Waals surface area contributed by atoms with Gasteiger partial charge in [-0.3, -0.25) is 14.7 Å². The van der Waals surface area contributed by atoms with Gasteiger partial charge in [-0.2, -0.15) is 0 Å². The summed E-state index contributed by atoms with van der Waals surface area (Å²) >= 11 is 0. The second-order valence-corrected chi connectivity index (χ2v) is 5.71. The van der Waals surface area contributed by atoms with Crippen LogP contribution in [0.3, 0.4) is 0 Å². The minimum atomic E-state index is -0.657. The Kier molecular flexibility index (Phi) is 4.53. The molecule has 3 unspecified atom stereocenters. The molecule has 1 aromatic heterocycles. The highest BCUT2D eigenvalue weighted by atomic mass is 16.4. The molecule has 104 valence electrons. The number of pyridine rings is 1. The van der Waals surface area contributed by atoms with Gasteiger partial charge in [0.1, 0.15) is 0 Å². The minimum absolute atomic E-state index is 0.126. The lowest BCUT2D eigenvalue weighted by Crippen LogP contribution is -2.44. The number of carboxylic acid groups (broad SMARTS) is 1. The molecule has 0 saturated heterocycles. The summed E-state index contributed by atoms with van der Waals surface area (Å²) in [6.07, 6.45) is 6.38. The second kappa shape index (κ2) is 6.15. The molecule has 1 aromatic rings. The van der Waals surface area contributed by atoms with Crippen LogP contribution in [0.15, 0.2) is 24.5 Å². The molecule has 2 rings (SSSR count). The van der Waals surface area contributed by atoms with E-state index in [1.807, 2.05) is 25.4 Å². The maximum Gasteiger partial charge on any atom is 0.308 e. The van der Waals surface area contributed by atoms with E-state index in [1.54, 1.807) is 6.20 Å². The molecule has 0 radical (unpaired) electrons. The number of rotatable bonds is 4. The monoisotopic (exact) mass is 262 g/mol. The molecular formula is C15H22N2O2. The molecule has 1 saturated carbocycles. The second-order valence-electron chi connectivity index (χ2n) is 5.71. The summed E-state index contributed by atoms with van der Waals surface area (Å²) in [5, 5.41) is 9.37. The molecule has 1 fully saturated rings. The average molecular weight is 262 g/mol. The van der Waals surface area contributed by atoms with Crippen LogP contribution in [0.4, 0.5) is 0 Å². The predicted octanol–water partition coefficient (Wildman–Crippen LogP) is 2.40. The van der Waals surface area contributed by atoms with E-state index in [0.29, 0.717) is 5.92 Å². The molecule has 4 heteroatoms. The summed E-state index contributed by atoms with van der Waals surface area (Å²) in [5.41, 5.74) is 1.13. The van der Waals surface area contributed by atoms with E-state index in [9.17, 15) is 9.90 Å². The average Bonchev–Trinajstić information content (AvgIpc) is 2.39. The Balaban J connectivity index is 2.06. The number of aliphatic carboxylic acids is 1. The van der Waals surface area contributed by atoms with E-state index < -0.39 is 5.97 Å². The smallest absolute Gasteiger partial charge is 0.308 e. The molecule has 1 aliphatic rings. The molecule has 0 bridgehead atoms. The van der Waals surface area contributed by atoms with Crippen molar-refractivity contribution in [2.45, 2.75) is 38.8 Å². The van der Waals surface area contributed by atoms with Crippen molar-refractivity contribution in [1.29, 1.82) is 0 Å².